The summed E-state index contributed by atoms with van der Waals surface area (Å²) < 4.78 is 0. The lowest BCUT2D eigenvalue weighted by Gasteiger charge is -2.09. The van der Waals surface area contributed by atoms with Crippen molar-refractivity contribution in [2.24, 2.45) is 0 Å². The van der Waals surface area contributed by atoms with Crippen LogP contribution in [-0.2, 0) is 0 Å². The number of thioether (sulfide) groups is 1. The average molecular weight is 140 g/mol. The molecule has 0 atom stereocenters. The Bertz CT molecular complexity index is 154. The minimum Gasteiger partial charge on any atom is -0.103 e. The number of hydrogen-bond acceptors (Lipinski definition) is 1. The molecule has 1 heteroatoms. The highest BCUT2D eigenvalue weighted by Gasteiger charge is 2.01. The molecule has 0 aromatic carbocycles. The van der Waals surface area contributed by atoms with E-state index in [1.807, 2.05) is 11.8 Å². The highest BCUT2D eigenvalue weighted by atomic mass is 32.2. The molecule has 0 unspecified atom stereocenters. The first-order valence-corrected chi connectivity index (χ1v) is 4.23. The molecule has 0 spiro atoms. The van der Waals surface area contributed by atoms with E-state index in [9.17, 15) is 0 Å². The molecule has 0 N–H and O–H groups in total. The highest BCUT2D eigenvalue weighted by Crippen LogP contribution is 2.28. The van der Waals surface area contributed by atoms with E-state index in [0.717, 1.165) is 0 Å². The summed E-state index contributed by atoms with van der Waals surface area (Å²) in [5.74, 6) is 0. The van der Waals surface area contributed by atoms with Crippen LogP contribution in [0, 0.1) is 0 Å². The average Bonchev–Trinajstić information content (AvgIpc) is 1.89. The minimum atomic E-state index is 1.18. The summed E-state index contributed by atoms with van der Waals surface area (Å²) in [7, 11) is 0. The van der Waals surface area contributed by atoms with Crippen LogP contribution in [-0.4, -0.2) is 0 Å². The van der Waals surface area contributed by atoms with Crippen molar-refractivity contribution in [3.8, 4) is 0 Å². The van der Waals surface area contributed by atoms with E-state index in [1.54, 1.807) is 5.57 Å². The molecule has 1 aliphatic rings. The number of rotatable bonds is 1. The van der Waals surface area contributed by atoms with Crippen molar-refractivity contribution in [1.82, 2.24) is 0 Å². The fourth-order valence-electron chi connectivity index (χ4n) is 0.961. The first-order valence-electron chi connectivity index (χ1n) is 3.35. The molecule has 0 saturated carbocycles. The van der Waals surface area contributed by atoms with Crippen molar-refractivity contribution in [1.29, 1.82) is 0 Å². The Hall–Kier alpha value is -0.170. The van der Waals surface area contributed by atoms with E-state index in [1.165, 1.54) is 17.7 Å². The molecule has 1 rings (SSSR count). The Balaban J connectivity index is 2.64. The summed E-state index contributed by atoms with van der Waals surface area (Å²) in [6.07, 6.45) is 4.62. The molecule has 0 radical (unpaired) electrons. The maximum atomic E-state index is 2.23. The summed E-state index contributed by atoms with van der Waals surface area (Å²) in [5, 5.41) is 2.18. The molecule has 50 valence electrons. The second-order valence-electron chi connectivity index (χ2n) is 2.21. The van der Waals surface area contributed by atoms with E-state index in [4.69, 9.17) is 0 Å². The largest absolute Gasteiger partial charge is 0.103 e. The van der Waals surface area contributed by atoms with Crippen LogP contribution in [0.25, 0.3) is 0 Å². The lowest BCUT2D eigenvalue weighted by Crippen LogP contribution is -1.85. The third-order valence-corrected chi connectivity index (χ3v) is 2.60. The van der Waals surface area contributed by atoms with Gasteiger partial charge in [-0.25, -0.2) is 0 Å². The van der Waals surface area contributed by atoms with Crippen molar-refractivity contribution in [3.05, 3.63) is 22.0 Å². The van der Waals surface area contributed by atoms with E-state index < -0.39 is 0 Å². The number of allylic oxidation sites excluding steroid dienone is 3. The van der Waals surface area contributed by atoms with Gasteiger partial charge in [0.25, 0.3) is 0 Å². The molecular formula is C8H12S. The van der Waals surface area contributed by atoms with Crippen LogP contribution in [0.2, 0.25) is 0 Å². The normalized spacial score (nSPS) is 18.9. The van der Waals surface area contributed by atoms with Gasteiger partial charge in [-0.2, -0.15) is 0 Å². The number of hydrogen-bond donors (Lipinski definition) is 0. The lowest BCUT2D eigenvalue weighted by molar-refractivity contribution is 1.02. The topological polar surface area (TPSA) is 0 Å². The van der Waals surface area contributed by atoms with Gasteiger partial charge in [0.05, 0.1) is 0 Å². The molecule has 1 heterocycles. The standard InChI is InChI=1S/C8H12S/c1-3-8-5-4-6-9-7(8)2/h4,6H,3,5H2,1-2H3. The SMILES string of the molecule is CCC1=C(C)SC=CC1. The van der Waals surface area contributed by atoms with Gasteiger partial charge in [0.15, 0.2) is 0 Å². The Morgan fingerprint density at radius 2 is 2.44 bits per heavy atom. The van der Waals surface area contributed by atoms with Crippen LogP contribution >= 0.6 is 11.8 Å². The summed E-state index contributed by atoms with van der Waals surface area (Å²) in [6.45, 7) is 4.42. The first-order chi connectivity index (χ1) is 4.34. The van der Waals surface area contributed by atoms with Crippen LogP contribution in [0.15, 0.2) is 22.0 Å². The summed E-state index contributed by atoms with van der Waals surface area (Å²) in [6, 6.07) is 0. The Morgan fingerprint density at radius 3 is 2.89 bits per heavy atom. The van der Waals surface area contributed by atoms with Crippen molar-refractivity contribution < 1.29 is 0 Å². The van der Waals surface area contributed by atoms with Crippen LogP contribution in [0.5, 0.6) is 0 Å². The van der Waals surface area contributed by atoms with Gasteiger partial charge in [-0.15, -0.1) is 11.8 Å². The molecule has 0 bridgehead atoms. The minimum absolute atomic E-state index is 1.18. The Kier molecular flexibility index (Phi) is 2.40. The maximum Gasteiger partial charge on any atom is -0.0120 e. The van der Waals surface area contributed by atoms with Crippen molar-refractivity contribution in [2.75, 3.05) is 0 Å². The first kappa shape index (κ1) is 6.94. The van der Waals surface area contributed by atoms with Gasteiger partial charge in [-0.05, 0) is 30.1 Å². The predicted octanol–water partition coefficient (Wildman–Crippen LogP) is 3.32. The molecular weight excluding hydrogens is 128 g/mol. The molecule has 0 fully saturated rings. The predicted molar refractivity (Wildman–Crippen MR) is 44.3 cm³/mol. The zero-order valence-corrected chi connectivity index (χ0v) is 6.79. The van der Waals surface area contributed by atoms with E-state index in [0.29, 0.717) is 0 Å². The van der Waals surface area contributed by atoms with Gasteiger partial charge in [-0.3, -0.25) is 0 Å². The molecule has 0 nitrogen and oxygen atoms in total. The van der Waals surface area contributed by atoms with Crippen LogP contribution < -0.4 is 0 Å². The van der Waals surface area contributed by atoms with Crippen LogP contribution in [0.1, 0.15) is 26.7 Å². The quantitative estimate of drug-likeness (QED) is 0.538. The summed E-state index contributed by atoms with van der Waals surface area (Å²) >= 11 is 1.85. The van der Waals surface area contributed by atoms with Crippen molar-refractivity contribution in [3.63, 3.8) is 0 Å². The van der Waals surface area contributed by atoms with Crippen molar-refractivity contribution >= 4 is 11.8 Å². The van der Waals surface area contributed by atoms with Crippen molar-refractivity contribution in [2.45, 2.75) is 26.7 Å². The van der Waals surface area contributed by atoms with Crippen LogP contribution in [0.3, 0.4) is 0 Å². The Labute approximate surface area is 61.0 Å². The van der Waals surface area contributed by atoms with Crippen LogP contribution in [0.4, 0.5) is 0 Å². The van der Waals surface area contributed by atoms with E-state index in [-0.39, 0.29) is 0 Å². The second-order valence-corrected chi connectivity index (χ2v) is 3.33. The lowest BCUT2D eigenvalue weighted by atomic mass is 10.1. The zero-order chi connectivity index (χ0) is 6.69. The summed E-state index contributed by atoms with van der Waals surface area (Å²) in [4.78, 5) is 1.50. The molecule has 0 aromatic rings. The van der Waals surface area contributed by atoms with E-state index >= 15 is 0 Å². The molecule has 1 aliphatic heterocycles. The van der Waals surface area contributed by atoms with Gasteiger partial charge in [-0.1, -0.05) is 18.6 Å². The maximum absolute atomic E-state index is 2.23. The molecule has 0 aliphatic carbocycles. The Morgan fingerprint density at radius 1 is 1.67 bits per heavy atom. The fraction of sp³-hybridized carbons (Fsp3) is 0.500. The molecule has 0 aromatic heterocycles. The molecule has 0 amide bonds. The van der Waals surface area contributed by atoms with Gasteiger partial charge in [0.1, 0.15) is 0 Å². The molecule has 9 heavy (non-hydrogen) atoms. The third-order valence-electron chi connectivity index (χ3n) is 1.63. The third kappa shape index (κ3) is 1.62. The van der Waals surface area contributed by atoms with E-state index in [2.05, 4.69) is 25.3 Å². The smallest absolute Gasteiger partial charge is 0.0120 e. The van der Waals surface area contributed by atoms with Gasteiger partial charge >= 0.3 is 0 Å². The highest BCUT2D eigenvalue weighted by molar-refractivity contribution is 8.05. The van der Waals surface area contributed by atoms with Gasteiger partial charge < -0.3 is 0 Å². The van der Waals surface area contributed by atoms with Gasteiger partial charge in [0.2, 0.25) is 0 Å². The fourth-order valence-corrected chi connectivity index (χ4v) is 1.75. The summed E-state index contributed by atoms with van der Waals surface area (Å²) in [5.41, 5.74) is 1.60. The second kappa shape index (κ2) is 3.11. The zero-order valence-electron chi connectivity index (χ0n) is 5.98. The van der Waals surface area contributed by atoms with Gasteiger partial charge in [0, 0.05) is 0 Å². The molecule has 0 saturated heterocycles. The monoisotopic (exact) mass is 140 g/mol.